The molecule has 1 aromatic carbocycles. The molecular weight excluding hydrogens is 284 g/mol. The summed E-state index contributed by atoms with van der Waals surface area (Å²) in [5.74, 6) is 3.56. The van der Waals surface area contributed by atoms with Crippen molar-refractivity contribution >= 4 is 0 Å². The topological polar surface area (TPSA) is 29.3 Å². The molecule has 2 saturated carbocycles. The summed E-state index contributed by atoms with van der Waals surface area (Å²) >= 11 is 0. The molecular formula is C20H26N2O. The van der Waals surface area contributed by atoms with Gasteiger partial charge >= 0.3 is 0 Å². The van der Waals surface area contributed by atoms with Gasteiger partial charge in [0, 0.05) is 18.2 Å². The predicted molar refractivity (Wildman–Crippen MR) is 92.1 cm³/mol. The van der Waals surface area contributed by atoms with Gasteiger partial charge < -0.3 is 4.42 Å². The van der Waals surface area contributed by atoms with Gasteiger partial charge in [-0.25, -0.2) is 4.98 Å². The summed E-state index contributed by atoms with van der Waals surface area (Å²) in [6.45, 7) is 5.04. The normalized spacial score (nSPS) is 18.1. The molecule has 2 aromatic rings. The summed E-state index contributed by atoms with van der Waals surface area (Å²) in [6, 6.07) is 9.13. The van der Waals surface area contributed by atoms with Crippen molar-refractivity contribution in [2.45, 2.75) is 52.1 Å². The molecule has 0 amide bonds. The summed E-state index contributed by atoms with van der Waals surface area (Å²) in [5, 5.41) is 0. The minimum atomic E-state index is 0.754. The monoisotopic (exact) mass is 310 g/mol. The number of rotatable bonds is 6. The van der Waals surface area contributed by atoms with E-state index in [9.17, 15) is 0 Å². The van der Waals surface area contributed by atoms with E-state index in [0.29, 0.717) is 0 Å². The average Bonchev–Trinajstić information content (AvgIpc) is 3.42. The third kappa shape index (κ3) is 3.20. The van der Waals surface area contributed by atoms with E-state index in [1.807, 2.05) is 6.92 Å². The van der Waals surface area contributed by atoms with Crippen LogP contribution in [0.3, 0.4) is 0 Å². The van der Waals surface area contributed by atoms with Crippen molar-refractivity contribution in [2.75, 3.05) is 7.05 Å². The molecule has 0 aliphatic heterocycles. The van der Waals surface area contributed by atoms with Crippen LogP contribution in [0.5, 0.6) is 0 Å². The van der Waals surface area contributed by atoms with E-state index in [2.05, 4.69) is 43.1 Å². The molecule has 1 aromatic heterocycles. The largest absolute Gasteiger partial charge is 0.441 e. The molecule has 2 aliphatic carbocycles. The van der Waals surface area contributed by atoms with Crippen LogP contribution in [0.25, 0.3) is 11.5 Å². The summed E-state index contributed by atoms with van der Waals surface area (Å²) in [5.41, 5.74) is 3.40. The maximum Gasteiger partial charge on any atom is 0.226 e. The first-order valence-electron chi connectivity index (χ1n) is 8.85. The van der Waals surface area contributed by atoms with Gasteiger partial charge in [-0.1, -0.05) is 17.7 Å². The van der Waals surface area contributed by atoms with E-state index in [0.717, 1.165) is 47.3 Å². The zero-order valence-corrected chi connectivity index (χ0v) is 14.4. The first-order chi connectivity index (χ1) is 11.1. The molecule has 122 valence electrons. The van der Waals surface area contributed by atoms with Crippen molar-refractivity contribution in [1.82, 2.24) is 9.88 Å². The van der Waals surface area contributed by atoms with Gasteiger partial charge in [0.05, 0.1) is 5.69 Å². The van der Waals surface area contributed by atoms with Gasteiger partial charge in [-0.2, -0.15) is 0 Å². The molecule has 3 heteroatoms. The van der Waals surface area contributed by atoms with Gasteiger partial charge in [0.15, 0.2) is 0 Å². The molecule has 4 rings (SSSR count). The van der Waals surface area contributed by atoms with Crippen molar-refractivity contribution in [3.8, 4) is 11.5 Å². The Morgan fingerprint density at radius 1 is 1.17 bits per heavy atom. The predicted octanol–water partition coefficient (Wildman–Crippen LogP) is 4.58. The van der Waals surface area contributed by atoms with Crippen molar-refractivity contribution in [1.29, 1.82) is 0 Å². The van der Waals surface area contributed by atoms with Crippen molar-refractivity contribution < 1.29 is 4.42 Å². The Morgan fingerprint density at radius 3 is 2.48 bits per heavy atom. The molecule has 0 bridgehead atoms. The lowest BCUT2D eigenvalue weighted by atomic mass is 10.1. The molecule has 0 N–H and O–H groups in total. The number of hydrogen-bond acceptors (Lipinski definition) is 3. The number of nitrogens with zero attached hydrogens (tertiary/aromatic N) is 2. The Kier molecular flexibility index (Phi) is 3.76. The number of aryl methyl sites for hydroxylation is 2. The molecule has 2 aliphatic rings. The third-order valence-corrected chi connectivity index (χ3v) is 5.28. The van der Waals surface area contributed by atoms with Crippen LogP contribution < -0.4 is 0 Å². The Hall–Kier alpha value is -1.61. The van der Waals surface area contributed by atoms with Crippen LogP contribution in [0.15, 0.2) is 28.7 Å². The number of oxazole rings is 1. The van der Waals surface area contributed by atoms with Gasteiger partial charge in [0.25, 0.3) is 0 Å². The van der Waals surface area contributed by atoms with Gasteiger partial charge in [0.2, 0.25) is 5.89 Å². The molecule has 0 atom stereocenters. The lowest BCUT2D eigenvalue weighted by molar-refractivity contribution is 0.184. The number of benzene rings is 1. The fourth-order valence-corrected chi connectivity index (χ4v) is 3.80. The third-order valence-electron chi connectivity index (χ3n) is 5.28. The van der Waals surface area contributed by atoms with Crippen LogP contribution in [0.1, 0.15) is 42.7 Å². The van der Waals surface area contributed by atoms with Crippen LogP contribution in [-0.4, -0.2) is 23.0 Å². The molecule has 0 radical (unpaired) electrons. The molecule has 3 nitrogen and oxygen atoms in total. The Labute approximate surface area is 138 Å². The Morgan fingerprint density at radius 2 is 1.87 bits per heavy atom. The number of aromatic nitrogens is 1. The quantitative estimate of drug-likeness (QED) is 0.782. The van der Waals surface area contributed by atoms with Crippen LogP contribution >= 0.6 is 0 Å². The second-order valence-electron chi connectivity index (χ2n) is 7.47. The fourth-order valence-electron chi connectivity index (χ4n) is 3.80. The molecule has 1 heterocycles. The van der Waals surface area contributed by atoms with Gasteiger partial charge in [-0.05, 0) is 70.5 Å². The summed E-state index contributed by atoms with van der Waals surface area (Å²) < 4.78 is 5.95. The zero-order valence-electron chi connectivity index (χ0n) is 14.4. The van der Waals surface area contributed by atoms with Crippen LogP contribution in [0.4, 0.5) is 0 Å². The zero-order chi connectivity index (χ0) is 16.0. The van der Waals surface area contributed by atoms with Crippen LogP contribution in [-0.2, 0) is 6.54 Å². The Bertz CT molecular complexity index is 685. The second kappa shape index (κ2) is 5.79. The summed E-state index contributed by atoms with van der Waals surface area (Å²) in [7, 11) is 2.27. The first-order valence-corrected chi connectivity index (χ1v) is 8.85. The van der Waals surface area contributed by atoms with E-state index < -0.39 is 0 Å². The van der Waals surface area contributed by atoms with E-state index in [-0.39, 0.29) is 0 Å². The van der Waals surface area contributed by atoms with E-state index in [1.54, 1.807) is 0 Å². The van der Waals surface area contributed by atoms with Crippen molar-refractivity contribution in [3.63, 3.8) is 0 Å². The second-order valence-corrected chi connectivity index (χ2v) is 7.47. The highest BCUT2D eigenvalue weighted by atomic mass is 16.4. The smallest absolute Gasteiger partial charge is 0.226 e. The SMILES string of the molecule is Cc1cccc(-c2nc(CN(C)C(C3CC3)C3CC3)c(C)o2)c1. The van der Waals surface area contributed by atoms with Gasteiger partial charge in [-0.15, -0.1) is 0 Å². The fraction of sp³-hybridized carbons (Fsp3) is 0.550. The average molecular weight is 310 g/mol. The molecule has 23 heavy (non-hydrogen) atoms. The highest BCUT2D eigenvalue weighted by Gasteiger charge is 2.43. The minimum absolute atomic E-state index is 0.754. The van der Waals surface area contributed by atoms with Crippen molar-refractivity contribution in [2.24, 2.45) is 11.8 Å². The highest BCUT2D eigenvalue weighted by Crippen LogP contribution is 2.47. The molecule has 0 saturated heterocycles. The first kappa shape index (κ1) is 14.9. The maximum absolute atomic E-state index is 5.95. The maximum atomic E-state index is 5.95. The lowest BCUT2D eigenvalue weighted by Gasteiger charge is -2.27. The van der Waals surface area contributed by atoms with Gasteiger partial charge in [-0.3, -0.25) is 4.90 Å². The van der Waals surface area contributed by atoms with E-state index >= 15 is 0 Å². The standard InChI is InChI=1S/C20H26N2O/c1-13-5-4-6-17(11-13)20-21-18(14(2)23-20)12-22(3)19(15-7-8-15)16-9-10-16/h4-6,11,15-16,19H,7-10,12H2,1-3H3. The molecule has 2 fully saturated rings. The number of hydrogen-bond donors (Lipinski definition) is 0. The van der Waals surface area contributed by atoms with Crippen LogP contribution in [0.2, 0.25) is 0 Å². The summed E-state index contributed by atoms with van der Waals surface area (Å²) in [4.78, 5) is 7.32. The lowest BCUT2D eigenvalue weighted by Crippen LogP contribution is -2.35. The van der Waals surface area contributed by atoms with E-state index in [1.165, 1.54) is 31.2 Å². The molecule has 0 unspecified atom stereocenters. The van der Waals surface area contributed by atoms with E-state index in [4.69, 9.17) is 9.40 Å². The van der Waals surface area contributed by atoms with Crippen molar-refractivity contribution in [3.05, 3.63) is 41.3 Å². The van der Waals surface area contributed by atoms with Gasteiger partial charge in [0.1, 0.15) is 5.76 Å². The minimum Gasteiger partial charge on any atom is -0.441 e. The van der Waals surface area contributed by atoms with Crippen LogP contribution in [0, 0.1) is 25.7 Å². The summed E-state index contributed by atoms with van der Waals surface area (Å²) in [6.07, 6.45) is 5.66. The highest BCUT2D eigenvalue weighted by molar-refractivity contribution is 5.54. The Balaban J connectivity index is 1.53. The molecule has 0 spiro atoms.